The lowest BCUT2D eigenvalue weighted by Gasteiger charge is -2.23. The van der Waals surface area contributed by atoms with Crippen molar-refractivity contribution in [1.29, 1.82) is 0 Å². The third-order valence-electron chi connectivity index (χ3n) is 8.56. The molecule has 0 aliphatic rings. The first kappa shape index (κ1) is 30.3. The number of nitrogens with zero attached hydrogens (tertiary/aromatic N) is 4. The third kappa shape index (κ3) is 5.65. The number of hydrogen-bond donors (Lipinski definition) is 0. The quantitative estimate of drug-likeness (QED) is 0.170. The summed E-state index contributed by atoms with van der Waals surface area (Å²) in [6.45, 7) is 11.1. The number of hydrogen-bond acceptors (Lipinski definition) is 4. The number of pyridine rings is 1. The van der Waals surface area contributed by atoms with E-state index in [9.17, 15) is 0 Å². The number of ether oxygens (including phenoxy) is 2. The van der Waals surface area contributed by atoms with Crippen LogP contribution in [0.5, 0.6) is 17.2 Å². The summed E-state index contributed by atoms with van der Waals surface area (Å²) >= 11 is 0. The lowest BCUT2D eigenvalue weighted by molar-refractivity contribution is 0.414. The molecule has 0 aliphatic carbocycles. The maximum atomic E-state index is 6.66. The van der Waals surface area contributed by atoms with Crippen LogP contribution in [0.15, 0.2) is 109 Å². The maximum absolute atomic E-state index is 6.66. The Morgan fingerprint density at radius 1 is 0.745 bits per heavy atom. The number of benzene rings is 4. The Morgan fingerprint density at radius 3 is 2.28 bits per heavy atom. The molecule has 0 aliphatic heterocycles. The predicted molar refractivity (Wildman–Crippen MR) is 192 cm³/mol. The van der Waals surface area contributed by atoms with Crippen molar-refractivity contribution in [1.82, 2.24) is 19.3 Å². The first-order chi connectivity index (χ1) is 22.7. The van der Waals surface area contributed by atoms with Gasteiger partial charge in [0.1, 0.15) is 23.1 Å². The van der Waals surface area contributed by atoms with Gasteiger partial charge in [-0.2, -0.15) is 5.10 Å². The minimum Gasteiger partial charge on any atom is -0.497 e. The van der Waals surface area contributed by atoms with Gasteiger partial charge in [-0.1, -0.05) is 82.6 Å². The molecule has 7 rings (SSSR count). The second-order valence-corrected chi connectivity index (χ2v) is 13.1. The molecule has 6 nitrogen and oxygen atoms in total. The van der Waals surface area contributed by atoms with E-state index in [0.29, 0.717) is 0 Å². The van der Waals surface area contributed by atoms with Crippen LogP contribution in [0.25, 0.3) is 44.4 Å². The Morgan fingerprint density at radius 2 is 1.51 bits per heavy atom. The Labute approximate surface area is 276 Å². The second-order valence-electron chi connectivity index (χ2n) is 13.1. The summed E-state index contributed by atoms with van der Waals surface area (Å²) in [4.78, 5) is 4.70. The fourth-order valence-corrected chi connectivity index (χ4v) is 6.62. The van der Waals surface area contributed by atoms with Crippen molar-refractivity contribution in [2.24, 2.45) is 0 Å². The molecular weight excluding hydrogens is 580 g/mol. The molecule has 0 saturated carbocycles. The number of rotatable bonds is 8. The lowest BCUT2D eigenvalue weighted by atomic mass is 9.85. The van der Waals surface area contributed by atoms with Crippen LogP contribution < -0.4 is 9.47 Å². The highest BCUT2D eigenvalue weighted by Gasteiger charge is 2.29. The summed E-state index contributed by atoms with van der Waals surface area (Å²) < 4.78 is 16.5. The summed E-state index contributed by atoms with van der Waals surface area (Å²) in [5.41, 5.74) is 8.76. The number of aryl methyl sites for hydroxylation is 2. The van der Waals surface area contributed by atoms with Crippen molar-refractivity contribution < 1.29 is 9.47 Å². The van der Waals surface area contributed by atoms with Crippen LogP contribution >= 0.6 is 0 Å². The van der Waals surface area contributed by atoms with Crippen molar-refractivity contribution in [3.05, 3.63) is 126 Å². The van der Waals surface area contributed by atoms with Gasteiger partial charge in [-0.05, 0) is 60.9 Å². The van der Waals surface area contributed by atoms with Crippen LogP contribution in [-0.2, 0) is 11.8 Å². The summed E-state index contributed by atoms with van der Waals surface area (Å²) in [7, 11) is 1.67. The van der Waals surface area contributed by atoms with Crippen molar-refractivity contribution in [2.45, 2.75) is 52.9 Å². The molecule has 7 aromatic rings. The normalized spacial score (nSPS) is 11.8. The standard InChI is InChI=1S/C41H40N4O2/c1-7-13-35-39(28-14-9-8-10-15-28)40(41(3,4)5)45(43-35)29-22-27(2)23-32(24-29)47-31-18-19-34-33-16-11-12-17-36(33)44(37(34)25-31)38-26-30(46-6)20-21-42-38/h8-12,14-26H,7,13H2,1-6H3. The molecular formula is C41H40N4O2. The van der Waals surface area contributed by atoms with Crippen molar-refractivity contribution in [3.8, 4) is 39.9 Å². The van der Waals surface area contributed by atoms with E-state index in [-0.39, 0.29) is 5.41 Å². The highest BCUT2D eigenvalue weighted by atomic mass is 16.5. The molecule has 0 bridgehead atoms. The van der Waals surface area contributed by atoms with Crippen LogP contribution in [0.1, 0.15) is 51.1 Å². The summed E-state index contributed by atoms with van der Waals surface area (Å²) in [6, 6.07) is 35.5. The summed E-state index contributed by atoms with van der Waals surface area (Å²) in [5.74, 6) is 3.05. The van der Waals surface area contributed by atoms with Gasteiger partial charge in [0.05, 0.1) is 35.2 Å². The smallest absolute Gasteiger partial charge is 0.141 e. The number of methoxy groups -OCH3 is 1. The van der Waals surface area contributed by atoms with Crippen LogP contribution in [-0.4, -0.2) is 26.4 Å². The molecule has 0 radical (unpaired) electrons. The third-order valence-corrected chi connectivity index (χ3v) is 8.56. The molecule has 47 heavy (non-hydrogen) atoms. The van der Waals surface area contributed by atoms with Gasteiger partial charge in [0.2, 0.25) is 0 Å². The van der Waals surface area contributed by atoms with Gasteiger partial charge in [-0.3, -0.25) is 4.57 Å². The predicted octanol–water partition coefficient (Wildman–Crippen LogP) is 10.4. The Hall–Kier alpha value is -5.36. The molecule has 0 atom stereocenters. The molecule has 236 valence electrons. The summed E-state index contributed by atoms with van der Waals surface area (Å²) in [5, 5.41) is 7.55. The fraction of sp³-hybridized carbons (Fsp3) is 0.220. The molecule has 6 heteroatoms. The summed E-state index contributed by atoms with van der Waals surface area (Å²) in [6.07, 6.45) is 3.71. The molecule has 3 aromatic heterocycles. The molecule has 0 saturated heterocycles. The van der Waals surface area contributed by atoms with Crippen LogP contribution in [0.3, 0.4) is 0 Å². The van der Waals surface area contributed by atoms with Crippen LogP contribution in [0.2, 0.25) is 0 Å². The monoisotopic (exact) mass is 620 g/mol. The molecule has 0 spiro atoms. The van der Waals surface area contributed by atoms with Crippen molar-refractivity contribution >= 4 is 21.8 Å². The van der Waals surface area contributed by atoms with E-state index >= 15 is 0 Å². The van der Waals surface area contributed by atoms with Gasteiger partial charge in [0, 0.05) is 46.1 Å². The first-order valence-corrected chi connectivity index (χ1v) is 16.3. The zero-order valence-corrected chi connectivity index (χ0v) is 27.9. The molecule has 0 amide bonds. The highest BCUT2D eigenvalue weighted by molar-refractivity contribution is 6.09. The van der Waals surface area contributed by atoms with E-state index in [1.807, 2.05) is 18.2 Å². The highest BCUT2D eigenvalue weighted by Crippen LogP contribution is 2.40. The van der Waals surface area contributed by atoms with E-state index in [2.05, 4.69) is 129 Å². The molecule has 3 heterocycles. The SMILES string of the molecule is CCCc1nn(-c2cc(C)cc(Oc3ccc4c5ccccc5n(-c5cc(OC)ccn5)c4c3)c2)c(C(C)(C)C)c1-c1ccccc1. The minimum absolute atomic E-state index is 0.151. The van der Waals surface area contributed by atoms with E-state index in [1.165, 1.54) is 16.8 Å². The Kier molecular flexibility index (Phi) is 7.80. The van der Waals surface area contributed by atoms with Gasteiger partial charge in [0.25, 0.3) is 0 Å². The van der Waals surface area contributed by atoms with Crippen molar-refractivity contribution in [3.63, 3.8) is 0 Å². The number of fused-ring (bicyclic) bond motifs is 3. The van der Waals surface area contributed by atoms with Gasteiger partial charge >= 0.3 is 0 Å². The van der Waals surface area contributed by atoms with Gasteiger partial charge in [-0.25, -0.2) is 9.67 Å². The molecule has 0 N–H and O–H groups in total. The lowest BCUT2D eigenvalue weighted by Crippen LogP contribution is -2.18. The average Bonchev–Trinajstić information content (AvgIpc) is 3.61. The Bertz CT molecular complexity index is 2220. The zero-order valence-electron chi connectivity index (χ0n) is 27.9. The average molecular weight is 621 g/mol. The van der Waals surface area contributed by atoms with E-state index in [0.717, 1.165) is 74.7 Å². The van der Waals surface area contributed by atoms with Gasteiger partial charge in [0.15, 0.2) is 0 Å². The molecule has 0 fully saturated rings. The maximum Gasteiger partial charge on any atom is 0.141 e. The largest absolute Gasteiger partial charge is 0.497 e. The second kappa shape index (κ2) is 12.1. The minimum atomic E-state index is -0.151. The molecule has 0 unspecified atom stereocenters. The fourth-order valence-electron chi connectivity index (χ4n) is 6.62. The van der Waals surface area contributed by atoms with Crippen molar-refractivity contribution in [2.75, 3.05) is 7.11 Å². The molecule has 4 aromatic carbocycles. The van der Waals surface area contributed by atoms with Crippen LogP contribution in [0.4, 0.5) is 0 Å². The van der Waals surface area contributed by atoms with Crippen LogP contribution in [0, 0.1) is 6.92 Å². The topological polar surface area (TPSA) is 54.1 Å². The van der Waals surface area contributed by atoms with E-state index in [1.54, 1.807) is 13.3 Å². The zero-order chi connectivity index (χ0) is 32.7. The van der Waals surface area contributed by atoms with Gasteiger partial charge in [-0.15, -0.1) is 0 Å². The van der Waals surface area contributed by atoms with E-state index < -0.39 is 0 Å². The van der Waals surface area contributed by atoms with Gasteiger partial charge < -0.3 is 9.47 Å². The first-order valence-electron chi connectivity index (χ1n) is 16.3. The number of para-hydroxylation sites is 1. The van der Waals surface area contributed by atoms with E-state index in [4.69, 9.17) is 19.6 Å². The Balaban J connectivity index is 1.35. The number of aromatic nitrogens is 4.